The zero-order valence-electron chi connectivity index (χ0n) is 34.6. The van der Waals surface area contributed by atoms with Crippen LogP contribution in [0.25, 0.3) is 0 Å². The molecule has 4 heterocycles. The van der Waals surface area contributed by atoms with Crippen LogP contribution in [0.3, 0.4) is 0 Å². The molecular formula is C43H64N2O9S3. The standard InChI is InChI=1S/C15H22O3S.C14H21NO3S.C8H19N.C6H2O3S/c1-3-5-6-11(4-2)7-8-13(16)12-9-10-19-14(12)15(17)18;1-3-5-6-10(4-2)9-15-13(16)12-11(14(17)18)7-8-19-12;1-3-5-6-8(4-2)7-9;7-5-3-1-2-10-4(3)6(8)9-5/h9-11H,3-8H2,1-2H3,(H,17,18);7-8,10H,3-6,9H2,1-2H3,(H,15,16)(H,17,18);8H,3-7,9H2,1-2H3;1-2H. The fourth-order valence-corrected chi connectivity index (χ4v) is 8.23. The van der Waals surface area contributed by atoms with Gasteiger partial charge >= 0.3 is 23.9 Å². The van der Waals surface area contributed by atoms with Gasteiger partial charge in [0.15, 0.2) is 5.78 Å². The van der Waals surface area contributed by atoms with E-state index in [4.69, 9.17) is 15.9 Å². The molecule has 0 aliphatic carbocycles. The van der Waals surface area contributed by atoms with Crippen LogP contribution < -0.4 is 11.1 Å². The minimum absolute atomic E-state index is 0.0337. The SMILES string of the molecule is CCCCC(CC)CCC(=O)c1ccsc1C(=O)O.CCCCC(CC)CN.CCCCC(CC)CNC(=O)c1sccc1C(=O)O.O=C1OC(=O)c2sccc21. The van der Waals surface area contributed by atoms with Crippen molar-refractivity contribution in [2.75, 3.05) is 13.1 Å². The smallest absolute Gasteiger partial charge is 0.357 e. The first-order valence-corrected chi connectivity index (χ1v) is 22.9. The minimum atomic E-state index is -1.05. The summed E-state index contributed by atoms with van der Waals surface area (Å²) in [6.45, 7) is 14.5. The monoisotopic (exact) mass is 848 g/mol. The number of aromatic carboxylic acids is 2. The molecule has 0 aromatic carbocycles. The van der Waals surface area contributed by atoms with Crippen LogP contribution in [0.15, 0.2) is 34.3 Å². The maximum atomic E-state index is 12.1. The first-order valence-electron chi connectivity index (χ1n) is 20.3. The second kappa shape index (κ2) is 29.5. The third-order valence-corrected chi connectivity index (χ3v) is 12.5. The number of fused-ring (bicyclic) bond motifs is 1. The van der Waals surface area contributed by atoms with Crippen LogP contribution >= 0.6 is 34.0 Å². The number of carboxylic acid groups (broad SMARTS) is 2. The summed E-state index contributed by atoms with van der Waals surface area (Å²) in [5.74, 6) is -1.58. The van der Waals surface area contributed by atoms with E-state index in [1.807, 2.05) is 0 Å². The lowest BCUT2D eigenvalue weighted by Gasteiger charge is -2.15. The Labute approximate surface area is 350 Å². The summed E-state index contributed by atoms with van der Waals surface area (Å²) in [5.41, 5.74) is 6.39. The highest BCUT2D eigenvalue weighted by Crippen LogP contribution is 2.25. The number of unbranched alkanes of at least 4 members (excludes halogenated alkanes) is 3. The molecule has 1 amide bonds. The number of carboxylic acids is 2. The average molecular weight is 849 g/mol. The van der Waals surface area contributed by atoms with E-state index < -0.39 is 23.9 Å². The number of amides is 1. The molecule has 3 aromatic rings. The number of rotatable bonds is 22. The highest BCUT2D eigenvalue weighted by atomic mass is 32.1. The third-order valence-electron chi connectivity index (χ3n) is 9.81. The van der Waals surface area contributed by atoms with Gasteiger partial charge in [-0.25, -0.2) is 19.2 Å². The molecule has 1 aliphatic rings. The average Bonchev–Trinajstić information content (AvgIpc) is 4.03. The normalized spacial score (nSPS) is 13.0. The van der Waals surface area contributed by atoms with E-state index in [9.17, 15) is 28.8 Å². The van der Waals surface area contributed by atoms with E-state index in [-0.39, 0.29) is 27.0 Å². The lowest BCUT2D eigenvalue weighted by molar-refractivity contribution is 0.0443. The molecule has 0 spiro atoms. The Bertz CT molecular complexity index is 1550. The number of Topliss-reactive ketones (excluding diaryl/α,β-unsaturated/α-hetero) is 1. The molecule has 0 saturated carbocycles. The number of hydrogen-bond acceptors (Lipinski definition) is 11. The number of nitrogens with two attached hydrogens (primary N) is 1. The van der Waals surface area contributed by atoms with Gasteiger partial charge in [-0.05, 0) is 77.9 Å². The van der Waals surface area contributed by atoms with Crippen molar-refractivity contribution in [2.45, 2.75) is 131 Å². The van der Waals surface area contributed by atoms with Crippen molar-refractivity contribution in [2.24, 2.45) is 23.5 Å². The Morgan fingerprint density at radius 3 is 1.70 bits per heavy atom. The molecule has 14 heteroatoms. The second-order valence-electron chi connectivity index (χ2n) is 13.9. The number of esters is 2. The zero-order valence-corrected chi connectivity index (χ0v) is 37.0. The van der Waals surface area contributed by atoms with Gasteiger partial charge < -0.3 is 26.0 Å². The van der Waals surface area contributed by atoms with Gasteiger partial charge in [-0.2, -0.15) is 0 Å². The Hall–Kier alpha value is -3.72. The Morgan fingerprint density at radius 1 is 0.667 bits per heavy atom. The quantitative estimate of drug-likeness (QED) is 0.0430. The van der Waals surface area contributed by atoms with Gasteiger partial charge in [0.2, 0.25) is 0 Å². The first-order chi connectivity index (χ1) is 27.3. The highest BCUT2D eigenvalue weighted by Gasteiger charge is 2.30. The number of carbonyl (C=O) groups is 6. The minimum Gasteiger partial charge on any atom is -0.478 e. The molecule has 5 N–H and O–H groups in total. The molecule has 0 saturated heterocycles. The van der Waals surface area contributed by atoms with E-state index in [0.717, 1.165) is 68.7 Å². The van der Waals surface area contributed by atoms with Crippen LogP contribution in [0.4, 0.5) is 0 Å². The van der Waals surface area contributed by atoms with E-state index in [1.165, 1.54) is 67.3 Å². The number of carbonyl (C=O) groups excluding carboxylic acids is 4. The van der Waals surface area contributed by atoms with Crippen LogP contribution in [0.1, 0.15) is 192 Å². The van der Waals surface area contributed by atoms with Crippen LogP contribution in [0.5, 0.6) is 0 Å². The molecule has 0 radical (unpaired) electrons. The third kappa shape index (κ3) is 18.6. The number of ketones is 1. The Morgan fingerprint density at radius 2 is 1.19 bits per heavy atom. The van der Waals surface area contributed by atoms with Crippen molar-refractivity contribution < 1.29 is 43.7 Å². The molecule has 1 aliphatic heterocycles. The van der Waals surface area contributed by atoms with Gasteiger partial charge in [0, 0.05) is 18.5 Å². The second-order valence-corrected chi connectivity index (χ2v) is 16.7. The molecule has 3 atom stereocenters. The summed E-state index contributed by atoms with van der Waals surface area (Å²) >= 11 is 3.52. The molecule has 57 heavy (non-hydrogen) atoms. The van der Waals surface area contributed by atoms with Crippen LogP contribution in [0.2, 0.25) is 0 Å². The van der Waals surface area contributed by atoms with Gasteiger partial charge in [-0.3, -0.25) is 9.59 Å². The van der Waals surface area contributed by atoms with E-state index in [0.29, 0.717) is 40.8 Å². The van der Waals surface area contributed by atoms with E-state index in [2.05, 4.69) is 51.6 Å². The summed E-state index contributed by atoms with van der Waals surface area (Å²) in [7, 11) is 0. The predicted molar refractivity (Wildman–Crippen MR) is 231 cm³/mol. The fourth-order valence-electron chi connectivity index (χ4n) is 5.92. The molecule has 11 nitrogen and oxygen atoms in total. The highest BCUT2D eigenvalue weighted by molar-refractivity contribution is 7.13. The summed E-state index contributed by atoms with van der Waals surface area (Å²) in [5, 5.41) is 25.8. The van der Waals surface area contributed by atoms with Crippen molar-refractivity contribution in [3.05, 3.63) is 65.7 Å². The first kappa shape index (κ1) is 51.3. The molecule has 3 aromatic heterocycles. The number of hydrogen-bond donors (Lipinski definition) is 4. The van der Waals surface area contributed by atoms with Gasteiger partial charge in [-0.15, -0.1) is 34.0 Å². The summed E-state index contributed by atoms with van der Waals surface area (Å²) in [4.78, 5) is 68.2. The maximum Gasteiger partial charge on any atom is 0.357 e. The molecule has 3 unspecified atom stereocenters. The van der Waals surface area contributed by atoms with Crippen LogP contribution in [-0.2, 0) is 4.74 Å². The Balaban J connectivity index is 0.000000399. The summed E-state index contributed by atoms with van der Waals surface area (Å²) < 4.78 is 4.30. The van der Waals surface area contributed by atoms with E-state index >= 15 is 0 Å². The molecular weight excluding hydrogens is 785 g/mol. The lowest BCUT2D eigenvalue weighted by Crippen LogP contribution is -2.29. The van der Waals surface area contributed by atoms with E-state index in [1.54, 1.807) is 28.3 Å². The van der Waals surface area contributed by atoms with Crippen molar-refractivity contribution in [3.63, 3.8) is 0 Å². The predicted octanol–water partition coefficient (Wildman–Crippen LogP) is 11.2. The van der Waals surface area contributed by atoms with Gasteiger partial charge in [-0.1, -0.05) is 106 Å². The number of thiophene rings is 3. The number of ether oxygens (including phenoxy) is 1. The van der Waals surface area contributed by atoms with Gasteiger partial charge in [0.05, 0.1) is 11.1 Å². The summed E-state index contributed by atoms with van der Waals surface area (Å²) in [6, 6.07) is 4.69. The molecule has 4 rings (SSSR count). The van der Waals surface area contributed by atoms with Gasteiger partial charge in [0.25, 0.3) is 5.91 Å². The molecule has 0 bridgehead atoms. The largest absolute Gasteiger partial charge is 0.478 e. The van der Waals surface area contributed by atoms with Crippen molar-refractivity contribution >= 4 is 69.6 Å². The zero-order chi connectivity index (χ0) is 42.8. The van der Waals surface area contributed by atoms with Crippen molar-refractivity contribution in [1.82, 2.24) is 5.32 Å². The van der Waals surface area contributed by atoms with Crippen LogP contribution in [-0.4, -0.2) is 58.9 Å². The topological polar surface area (TPSA) is 190 Å². The fraction of sp³-hybridized carbons (Fsp3) is 0.581. The maximum absolute atomic E-state index is 12.1. The number of nitrogens with one attached hydrogen (secondary N) is 1. The molecule has 0 fully saturated rings. The lowest BCUT2D eigenvalue weighted by atomic mass is 9.92. The summed E-state index contributed by atoms with van der Waals surface area (Å²) in [6.07, 6.45) is 15.6. The number of cyclic esters (lactones) is 2. The molecule has 318 valence electrons. The van der Waals surface area contributed by atoms with Crippen molar-refractivity contribution in [1.29, 1.82) is 0 Å². The van der Waals surface area contributed by atoms with Crippen LogP contribution in [0, 0.1) is 17.8 Å². The van der Waals surface area contributed by atoms with Crippen molar-refractivity contribution in [3.8, 4) is 0 Å². The Kier molecular flexibility index (Phi) is 26.5. The van der Waals surface area contributed by atoms with Gasteiger partial charge in [0.1, 0.15) is 14.6 Å².